The lowest BCUT2D eigenvalue weighted by atomic mass is 9.96. The van der Waals surface area contributed by atoms with Gasteiger partial charge in [-0.05, 0) is 43.5 Å². The van der Waals surface area contributed by atoms with E-state index in [9.17, 15) is 13.2 Å². The largest absolute Gasteiger partial charge is 0.457 e. The quantitative estimate of drug-likeness (QED) is 0.492. The van der Waals surface area contributed by atoms with Crippen molar-refractivity contribution in [2.24, 2.45) is 10.3 Å². The molecule has 5 rings (SSSR count). The Kier molecular flexibility index (Phi) is 6.27. The third kappa shape index (κ3) is 4.85. The number of ether oxygens (including phenoxy) is 1. The lowest BCUT2D eigenvalue weighted by Gasteiger charge is -2.32. The number of anilines is 3. The van der Waals surface area contributed by atoms with Crippen molar-refractivity contribution in [1.29, 1.82) is 0 Å². The lowest BCUT2D eigenvalue weighted by molar-refractivity contribution is -0.151. The number of sulfonamides is 1. The molecule has 11 nitrogen and oxygen atoms in total. The maximum Gasteiger partial charge on any atom is 0.309 e. The molecule has 0 unspecified atom stereocenters. The summed E-state index contributed by atoms with van der Waals surface area (Å²) in [5.41, 5.74) is 8.27. The van der Waals surface area contributed by atoms with Crippen LogP contribution in [0.5, 0.6) is 0 Å². The Morgan fingerprint density at radius 2 is 1.81 bits per heavy atom. The van der Waals surface area contributed by atoms with Gasteiger partial charge >= 0.3 is 5.97 Å². The molecule has 0 radical (unpaired) electrons. The topological polar surface area (TPSA) is 153 Å². The second-order valence-corrected chi connectivity index (χ2v) is 10.2. The molecule has 1 aromatic heterocycles. The van der Waals surface area contributed by atoms with E-state index >= 15 is 0 Å². The van der Waals surface area contributed by atoms with Crippen molar-refractivity contribution in [2.75, 3.05) is 24.1 Å². The Bertz CT molecular complexity index is 1450. The second kappa shape index (κ2) is 9.53. The monoisotopic (exact) mass is 507 g/mol. The lowest BCUT2D eigenvalue weighted by Crippen LogP contribution is -2.40. The van der Waals surface area contributed by atoms with Crippen LogP contribution in [-0.2, 0) is 26.2 Å². The minimum atomic E-state index is -3.68. The molecule has 0 bridgehead atoms. The standard InChI is InChI=1S/C24H25N7O4S/c1-15-6-2-4-8-18(15)26-24-28-20(27-23(25)29-24)14-35-22(32)16-10-12-31(13-11-16)21-17-7-3-5-9-19(17)36(33,34)30-21/h2-9,16H,10-14H2,1H3,(H3,25,26,27,28,29). The fourth-order valence-corrected chi connectivity index (χ4v) is 5.52. The van der Waals surface area contributed by atoms with Crippen molar-refractivity contribution in [3.8, 4) is 0 Å². The first-order valence-corrected chi connectivity index (χ1v) is 12.9. The number of amidine groups is 1. The number of carbonyl (C=O) groups excluding carboxylic acids is 1. The van der Waals surface area contributed by atoms with E-state index in [1.807, 2.05) is 36.1 Å². The van der Waals surface area contributed by atoms with Crippen LogP contribution in [0.3, 0.4) is 0 Å². The molecule has 3 aromatic rings. The molecule has 12 heteroatoms. The van der Waals surface area contributed by atoms with Gasteiger partial charge in [0.2, 0.25) is 11.9 Å². The van der Waals surface area contributed by atoms with Gasteiger partial charge in [-0.15, -0.1) is 4.40 Å². The molecular formula is C24H25N7O4S. The summed E-state index contributed by atoms with van der Waals surface area (Å²) < 4.78 is 34.1. The highest BCUT2D eigenvalue weighted by Gasteiger charge is 2.34. The van der Waals surface area contributed by atoms with E-state index < -0.39 is 10.0 Å². The van der Waals surface area contributed by atoms with Gasteiger partial charge in [0.25, 0.3) is 10.0 Å². The third-order valence-corrected chi connectivity index (χ3v) is 7.50. The van der Waals surface area contributed by atoms with Crippen LogP contribution in [0.25, 0.3) is 0 Å². The summed E-state index contributed by atoms with van der Waals surface area (Å²) in [6, 6.07) is 14.5. The van der Waals surface area contributed by atoms with Gasteiger partial charge in [0.15, 0.2) is 18.3 Å². The molecule has 2 aliphatic rings. The maximum atomic E-state index is 12.7. The minimum Gasteiger partial charge on any atom is -0.457 e. The Morgan fingerprint density at radius 1 is 1.08 bits per heavy atom. The molecule has 1 saturated heterocycles. The van der Waals surface area contributed by atoms with Crippen LogP contribution in [0.15, 0.2) is 57.8 Å². The highest BCUT2D eigenvalue weighted by Crippen LogP contribution is 2.30. The van der Waals surface area contributed by atoms with Gasteiger partial charge in [-0.25, -0.2) is 0 Å². The Hall–Kier alpha value is -4.06. The number of hydrogen-bond donors (Lipinski definition) is 2. The van der Waals surface area contributed by atoms with Crippen LogP contribution in [0, 0.1) is 12.8 Å². The molecule has 0 saturated carbocycles. The van der Waals surface area contributed by atoms with E-state index in [0.717, 1.165) is 11.3 Å². The van der Waals surface area contributed by atoms with Crippen molar-refractivity contribution < 1.29 is 17.9 Å². The molecule has 0 spiro atoms. The molecule has 0 atom stereocenters. The summed E-state index contributed by atoms with van der Waals surface area (Å²) in [6.45, 7) is 2.81. The van der Waals surface area contributed by atoms with Gasteiger partial charge in [0, 0.05) is 24.3 Å². The Labute approximate surface area is 208 Å². The summed E-state index contributed by atoms with van der Waals surface area (Å²) >= 11 is 0. The summed E-state index contributed by atoms with van der Waals surface area (Å²) in [7, 11) is -3.68. The zero-order valence-corrected chi connectivity index (χ0v) is 20.4. The van der Waals surface area contributed by atoms with Gasteiger partial charge in [-0.1, -0.05) is 30.3 Å². The van der Waals surface area contributed by atoms with Crippen molar-refractivity contribution in [3.05, 3.63) is 65.5 Å². The van der Waals surface area contributed by atoms with E-state index in [-0.39, 0.29) is 41.1 Å². The first kappa shape index (κ1) is 23.7. The number of esters is 1. The van der Waals surface area contributed by atoms with Crippen LogP contribution in [0.4, 0.5) is 17.6 Å². The molecule has 36 heavy (non-hydrogen) atoms. The van der Waals surface area contributed by atoms with Crippen LogP contribution >= 0.6 is 0 Å². The minimum absolute atomic E-state index is 0.0213. The van der Waals surface area contributed by atoms with Crippen LogP contribution < -0.4 is 11.1 Å². The number of para-hydroxylation sites is 1. The molecule has 186 valence electrons. The van der Waals surface area contributed by atoms with Gasteiger partial charge < -0.3 is 20.7 Å². The molecule has 0 aliphatic carbocycles. The van der Waals surface area contributed by atoms with Crippen molar-refractivity contribution in [2.45, 2.75) is 31.3 Å². The van der Waals surface area contributed by atoms with E-state index in [1.54, 1.807) is 24.3 Å². The highest BCUT2D eigenvalue weighted by atomic mass is 32.2. The average Bonchev–Trinajstić information content (AvgIpc) is 3.15. The number of nitrogens with one attached hydrogen (secondary N) is 1. The van der Waals surface area contributed by atoms with Gasteiger partial charge in [-0.2, -0.15) is 23.4 Å². The number of carbonyl (C=O) groups is 1. The fourth-order valence-electron chi connectivity index (χ4n) is 4.29. The molecular weight excluding hydrogens is 482 g/mol. The fraction of sp³-hybridized carbons (Fsp3) is 0.292. The second-order valence-electron chi connectivity index (χ2n) is 8.63. The summed E-state index contributed by atoms with van der Waals surface area (Å²) in [6.07, 6.45) is 1.03. The zero-order chi connectivity index (χ0) is 25.3. The molecule has 3 N–H and O–H groups in total. The third-order valence-electron chi connectivity index (χ3n) is 6.17. The normalized spacial score (nSPS) is 16.8. The summed E-state index contributed by atoms with van der Waals surface area (Å²) in [5, 5.41) is 3.11. The van der Waals surface area contributed by atoms with Gasteiger partial charge in [0.05, 0.1) is 5.92 Å². The number of nitrogens with two attached hydrogens (primary N) is 1. The van der Waals surface area contributed by atoms with Crippen LogP contribution in [-0.4, -0.2) is 53.2 Å². The highest BCUT2D eigenvalue weighted by molar-refractivity contribution is 7.90. The molecule has 2 aliphatic heterocycles. The van der Waals surface area contributed by atoms with Crippen molar-refractivity contribution in [1.82, 2.24) is 19.9 Å². The van der Waals surface area contributed by atoms with E-state index in [4.69, 9.17) is 10.5 Å². The van der Waals surface area contributed by atoms with Crippen LogP contribution in [0.2, 0.25) is 0 Å². The number of benzene rings is 2. The number of aryl methyl sites for hydroxylation is 1. The molecule has 2 aromatic carbocycles. The number of likely N-dealkylation sites (tertiary alicyclic amines) is 1. The number of aromatic nitrogens is 3. The predicted octanol–water partition coefficient (Wildman–Crippen LogP) is 2.41. The van der Waals surface area contributed by atoms with E-state index in [0.29, 0.717) is 37.3 Å². The van der Waals surface area contributed by atoms with E-state index in [1.165, 1.54) is 0 Å². The molecule has 0 amide bonds. The first-order valence-electron chi connectivity index (χ1n) is 11.5. The van der Waals surface area contributed by atoms with Crippen molar-refractivity contribution >= 4 is 39.4 Å². The Balaban J connectivity index is 1.18. The number of fused-ring (bicyclic) bond motifs is 1. The number of hydrogen-bond acceptors (Lipinski definition) is 10. The zero-order valence-electron chi connectivity index (χ0n) is 19.6. The number of rotatable bonds is 5. The van der Waals surface area contributed by atoms with E-state index in [2.05, 4.69) is 24.7 Å². The Morgan fingerprint density at radius 3 is 2.58 bits per heavy atom. The average molecular weight is 508 g/mol. The van der Waals surface area contributed by atoms with Gasteiger partial charge in [0.1, 0.15) is 4.90 Å². The van der Waals surface area contributed by atoms with Crippen molar-refractivity contribution in [3.63, 3.8) is 0 Å². The van der Waals surface area contributed by atoms with Gasteiger partial charge in [-0.3, -0.25) is 4.79 Å². The molecule has 1 fully saturated rings. The summed E-state index contributed by atoms with van der Waals surface area (Å²) in [4.78, 5) is 27.3. The number of nitrogens with zero attached hydrogens (tertiary/aromatic N) is 5. The summed E-state index contributed by atoms with van der Waals surface area (Å²) in [5.74, 6) is 0.289. The first-order chi connectivity index (χ1) is 17.3. The molecule has 3 heterocycles. The van der Waals surface area contributed by atoms with Crippen LogP contribution in [0.1, 0.15) is 29.8 Å². The number of piperidine rings is 1. The predicted molar refractivity (Wildman–Crippen MR) is 133 cm³/mol. The number of nitrogen functional groups attached to an aromatic ring is 1. The smallest absolute Gasteiger partial charge is 0.309 e. The SMILES string of the molecule is Cc1ccccc1Nc1nc(N)nc(COC(=O)C2CCN(C3=NS(=O)(=O)c4ccccc43)CC2)n1. The maximum absolute atomic E-state index is 12.7.